The Morgan fingerprint density at radius 3 is 2.52 bits per heavy atom. The minimum atomic E-state index is -0.308. The molecule has 4 rings (SSSR count). The molecule has 0 radical (unpaired) electrons. The second kappa shape index (κ2) is 6.92. The van der Waals surface area contributed by atoms with Gasteiger partial charge in [-0.3, -0.25) is 4.79 Å². The number of hydrogen-bond donors (Lipinski definition) is 1. The summed E-state index contributed by atoms with van der Waals surface area (Å²) in [5.41, 5.74) is 5.07. The topological polar surface area (TPSA) is 72.2 Å². The summed E-state index contributed by atoms with van der Waals surface area (Å²) < 4.78 is 2.65. The number of carbonyl (C=O) groups is 1. The highest BCUT2D eigenvalue weighted by Crippen LogP contribution is 2.25. The number of halogens is 1. The molecule has 2 aromatic carbocycles. The number of aryl methyl sites for hydroxylation is 2. The molecule has 0 aliphatic rings. The van der Waals surface area contributed by atoms with Gasteiger partial charge in [0.2, 0.25) is 0 Å². The number of nitrogens with zero attached hydrogens (tertiary/aromatic N) is 4. The first-order chi connectivity index (χ1) is 13.0. The summed E-state index contributed by atoms with van der Waals surface area (Å²) in [5, 5.41) is 15.7. The third-order valence-corrected chi connectivity index (χ3v) is 4.94. The van der Waals surface area contributed by atoms with Gasteiger partial charge in [0.25, 0.3) is 5.91 Å². The molecule has 0 saturated carbocycles. The summed E-state index contributed by atoms with van der Waals surface area (Å²) in [4.78, 5) is 12.7. The van der Waals surface area contributed by atoms with Crippen molar-refractivity contribution in [2.45, 2.75) is 13.8 Å². The number of carbonyl (C=O) groups excluding carboxylic acids is 1. The summed E-state index contributed by atoms with van der Waals surface area (Å²) in [6, 6.07) is 15.5. The lowest BCUT2D eigenvalue weighted by atomic mass is 10.1. The Balaban J connectivity index is 1.72. The Bertz CT molecular complexity index is 1150. The maximum Gasteiger partial charge on any atom is 0.278 e. The molecule has 0 aliphatic carbocycles. The number of fused-ring (bicyclic) bond motifs is 1. The van der Waals surface area contributed by atoms with Crippen molar-refractivity contribution in [3.63, 3.8) is 0 Å². The highest BCUT2D eigenvalue weighted by Gasteiger charge is 2.18. The van der Waals surface area contributed by atoms with Crippen molar-refractivity contribution in [1.82, 2.24) is 19.8 Å². The Kier molecular flexibility index (Phi) is 4.45. The molecule has 134 valence electrons. The Morgan fingerprint density at radius 1 is 1.04 bits per heavy atom. The Labute approximate surface area is 164 Å². The van der Waals surface area contributed by atoms with Crippen LogP contribution in [0, 0.1) is 13.8 Å². The molecule has 0 aliphatic heterocycles. The average Bonchev–Trinajstić information content (AvgIpc) is 3.09. The molecule has 2 aromatic heterocycles. The zero-order valence-electron chi connectivity index (χ0n) is 14.8. The first-order valence-electron chi connectivity index (χ1n) is 8.38. The normalized spacial score (nSPS) is 10.9. The van der Waals surface area contributed by atoms with Gasteiger partial charge in [0.15, 0.2) is 11.3 Å². The van der Waals surface area contributed by atoms with Crippen LogP contribution < -0.4 is 5.32 Å². The monoisotopic (exact) mass is 421 g/mol. The smallest absolute Gasteiger partial charge is 0.278 e. The van der Waals surface area contributed by atoms with Gasteiger partial charge in [0.1, 0.15) is 0 Å². The van der Waals surface area contributed by atoms with Gasteiger partial charge < -0.3 is 5.32 Å². The predicted molar refractivity (Wildman–Crippen MR) is 108 cm³/mol. The lowest BCUT2D eigenvalue weighted by Gasteiger charge is -2.09. The molecule has 0 fully saturated rings. The minimum absolute atomic E-state index is 0.246. The van der Waals surface area contributed by atoms with E-state index in [9.17, 15) is 4.79 Å². The van der Waals surface area contributed by atoms with Gasteiger partial charge in [0.05, 0.1) is 11.9 Å². The van der Waals surface area contributed by atoms with E-state index in [1.54, 1.807) is 10.7 Å². The molecule has 0 atom stereocenters. The van der Waals surface area contributed by atoms with Crippen LogP contribution in [0.15, 0.2) is 59.2 Å². The zero-order valence-corrected chi connectivity index (χ0v) is 16.4. The molecule has 0 spiro atoms. The van der Waals surface area contributed by atoms with E-state index in [1.807, 2.05) is 62.4 Å². The summed E-state index contributed by atoms with van der Waals surface area (Å²) in [7, 11) is 0. The fraction of sp³-hybridized carbons (Fsp3) is 0.100. The number of rotatable bonds is 3. The molecular formula is C20H16BrN5O. The number of anilines is 1. The second-order valence-electron chi connectivity index (χ2n) is 6.20. The lowest BCUT2D eigenvalue weighted by molar-refractivity contribution is 0.102. The number of hydrogen-bond acceptors (Lipinski definition) is 4. The van der Waals surface area contributed by atoms with Crippen molar-refractivity contribution in [3.8, 4) is 11.1 Å². The average molecular weight is 422 g/mol. The van der Waals surface area contributed by atoms with Crippen LogP contribution in [0.4, 0.5) is 5.69 Å². The fourth-order valence-electron chi connectivity index (χ4n) is 2.89. The summed E-state index contributed by atoms with van der Waals surface area (Å²) in [5.74, 6) is -0.308. The van der Waals surface area contributed by atoms with Crippen LogP contribution in [0.3, 0.4) is 0 Å². The van der Waals surface area contributed by atoms with E-state index in [0.717, 1.165) is 26.9 Å². The minimum Gasteiger partial charge on any atom is -0.320 e. The Hall–Kier alpha value is -3.06. The van der Waals surface area contributed by atoms with Gasteiger partial charge >= 0.3 is 0 Å². The molecular weight excluding hydrogens is 406 g/mol. The highest BCUT2D eigenvalue weighted by molar-refractivity contribution is 9.10. The lowest BCUT2D eigenvalue weighted by Crippen LogP contribution is -2.19. The van der Waals surface area contributed by atoms with E-state index in [1.165, 1.54) is 0 Å². The van der Waals surface area contributed by atoms with Crippen molar-refractivity contribution in [3.05, 3.63) is 76.2 Å². The van der Waals surface area contributed by atoms with Crippen LogP contribution in [0.25, 0.3) is 16.8 Å². The molecule has 4 aromatic rings. The van der Waals surface area contributed by atoms with Crippen LogP contribution in [0.2, 0.25) is 0 Å². The van der Waals surface area contributed by atoms with Crippen LogP contribution >= 0.6 is 15.9 Å². The second-order valence-corrected chi connectivity index (χ2v) is 7.12. The maximum absolute atomic E-state index is 12.7. The van der Waals surface area contributed by atoms with Gasteiger partial charge in [-0.25, -0.2) is 4.52 Å². The van der Waals surface area contributed by atoms with Crippen LogP contribution in [-0.2, 0) is 0 Å². The standard InChI is InChI=1S/C20H16BrN5O/c1-12-5-3-4-6-17(12)23-20(27)18-13(2)26-19(25-24-18)16(11-22-26)14-7-9-15(21)10-8-14/h3-11H,1-2H3,(H,23,27). The van der Waals surface area contributed by atoms with E-state index in [-0.39, 0.29) is 11.6 Å². The SMILES string of the molecule is Cc1ccccc1NC(=O)c1nnc2c(-c3ccc(Br)cc3)cnn2c1C. The van der Waals surface area contributed by atoms with Gasteiger partial charge in [-0.15, -0.1) is 10.2 Å². The molecule has 27 heavy (non-hydrogen) atoms. The number of benzene rings is 2. The number of nitrogens with one attached hydrogen (secondary N) is 1. The van der Waals surface area contributed by atoms with Crippen molar-refractivity contribution in [1.29, 1.82) is 0 Å². The number of amides is 1. The Morgan fingerprint density at radius 2 is 1.78 bits per heavy atom. The van der Waals surface area contributed by atoms with E-state index >= 15 is 0 Å². The van der Waals surface area contributed by atoms with Gasteiger partial charge in [-0.1, -0.05) is 46.3 Å². The van der Waals surface area contributed by atoms with Crippen molar-refractivity contribution in [2.24, 2.45) is 0 Å². The third-order valence-electron chi connectivity index (χ3n) is 4.41. The fourth-order valence-corrected chi connectivity index (χ4v) is 3.16. The molecule has 2 heterocycles. The molecule has 6 nitrogen and oxygen atoms in total. The van der Waals surface area contributed by atoms with E-state index in [0.29, 0.717) is 11.3 Å². The first kappa shape index (κ1) is 17.4. The maximum atomic E-state index is 12.7. The van der Waals surface area contributed by atoms with Gasteiger partial charge in [-0.05, 0) is 43.2 Å². The quantitative estimate of drug-likeness (QED) is 0.531. The molecule has 1 N–H and O–H groups in total. The summed E-state index contributed by atoms with van der Waals surface area (Å²) in [6.07, 6.45) is 1.74. The number of para-hydroxylation sites is 1. The van der Waals surface area contributed by atoms with Crippen molar-refractivity contribution < 1.29 is 4.79 Å². The molecule has 0 unspecified atom stereocenters. The van der Waals surface area contributed by atoms with E-state index in [2.05, 4.69) is 36.5 Å². The largest absolute Gasteiger partial charge is 0.320 e. The number of aromatic nitrogens is 4. The third kappa shape index (κ3) is 3.21. The van der Waals surface area contributed by atoms with Crippen LogP contribution in [0.5, 0.6) is 0 Å². The van der Waals surface area contributed by atoms with Gasteiger partial charge in [0, 0.05) is 15.7 Å². The van der Waals surface area contributed by atoms with Crippen LogP contribution in [-0.4, -0.2) is 25.7 Å². The van der Waals surface area contributed by atoms with Gasteiger partial charge in [-0.2, -0.15) is 5.10 Å². The van der Waals surface area contributed by atoms with E-state index in [4.69, 9.17) is 0 Å². The van der Waals surface area contributed by atoms with Crippen molar-refractivity contribution >= 4 is 33.2 Å². The van der Waals surface area contributed by atoms with Crippen LogP contribution in [0.1, 0.15) is 21.7 Å². The molecule has 7 heteroatoms. The summed E-state index contributed by atoms with van der Waals surface area (Å²) in [6.45, 7) is 3.75. The molecule has 0 saturated heterocycles. The molecule has 0 bridgehead atoms. The predicted octanol–water partition coefficient (Wildman–Crippen LogP) is 4.42. The van der Waals surface area contributed by atoms with E-state index < -0.39 is 0 Å². The highest BCUT2D eigenvalue weighted by atomic mass is 79.9. The summed E-state index contributed by atoms with van der Waals surface area (Å²) >= 11 is 3.43. The first-order valence-corrected chi connectivity index (χ1v) is 9.18. The zero-order chi connectivity index (χ0) is 19.0. The van der Waals surface area contributed by atoms with Crippen molar-refractivity contribution in [2.75, 3.05) is 5.32 Å². The molecule has 1 amide bonds.